The molecule has 0 radical (unpaired) electrons. The van der Waals surface area contributed by atoms with Crippen LogP contribution in [0.5, 0.6) is 5.75 Å². The molecule has 2 aromatic rings. The predicted molar refractivity (Wildman–Crippen MR) is 86.0 cm³/mol. The second-order valence-electron chi connectivity index (χ2n) is 5.36. The summed E-state index contributed by atoms with van der Waals surface area (Å²) in [5, 5.41) is 6.58. The van der Waals surface area contributed by atoms with Crippen LogP contribution in [0.3, 0.4) is 0 Å². The van der Waals surface area contributed by atoms with Gasteiger partial charge in [0.2, 0.25) is 11.8 Å². The average molecular weight is 317 g/mol. The summed E-state index contributed by atoms with van der Waals surface area (Å²) in [7, 11) is 0. The second-order valence-corrected chi connectivity index (χ2v) is 5.36. The van der Waals surface area contributed by atoms with Crippen molar-refractivity contribution in [2.45, 2.75) is 46.1 Å². The lowest BCUT2D eigenvalue weighted by molar-refractivity contribution is -0.121. The molecular weight excluding hydrogens is 294 g/mol. The van der Waals surface area contributed by atoms with E-state index in [1.54, 1.807) is 6.92 Å². The second kappa shape index (κ2) is 8.92. The Morgan fingerprint density at radius 2 is 2.26 bits per heavy atom. The molecule has 23 heavy (non-hydrogen) atoms. The molecule has 0 saturated carbocycles. The molecule has 1 aromatic carbocycles. The first kappa shape index (κ1) is 17.0. The van der Waals surface area contributed by atoms with Gasteiger partial charge in [0.1, 0.15) is 5.75 Å². The number of benzene rings is 1. The molecule has 124 valence electrons. The number of amides is 1. The smallest absolute Gasteiger partial charge is 0.227 e. The minimum atomic E-state index is -0.0434. The van der Waals surface area contributed by atoms with Crippen LogP contribution in [0, 0.1) is 6.92 Å². The molecule has 2 rings (SSSR count). The molecule has 0 bridgehead atoms. The van der Waals surface area contributed by atoms with Crippen LogP contribution in [0.15, 0.2) is 28.8 Å². The molecule has 0 spiro atoms. The quantitative estimate of drug-likeness (QED) is 0.720. The molecule has 1 N–H and O–H groups in total. The van der Waals surface area contributed by atoms with Crippen LogP contribution in [-0.4, -0.2) is 22.7 Å². The number of ether oxygens (including phenoxy) is 1. The zero-order chi connectivity index (χ0) is 16.5. The lowest BCUT2D eigenvalue weighted by Gasteiger charge is -2.08. The maximum Gasteiger partial charge on any atom is 0.227 e. The summed E-state index contributed by atoms with van der Waals surface area (Å²) < 4.78 is 10.6. The van der Waals surface area contributed by atoms with Crippen LogP contribution >= 0.6 is 0 Å². The zero-order valence-corrected chi connectivity index (χ0v) is 13.7. The number of aromatic nitrogens is 2. The fourth-order valence-electron chi connectivity index (χ4n) is 2.03. The number of aryl methyl sites for hydroxylation is 2. The van der Waals surface area contributed by atoms with Gasteiger partial charge in [0, 0.05) is 19.4 Å². The van der Waals surface area contributed by atoms with Crippen LogP contribution in [-0.2, 0) is 17.8 Å². The molecule has 0 aliphatic carbocycles. The summed E-state index contributed by atoms with van der Waals surface area (Å²) in [6.07, 6.45) is 2.92. The van der Waals surface area contributed by atoms with Crippen molar-refractivity contribution in [3.8, 4) is 5.75 Å². The third-order valence-corrected chi connectivity index (χ3v) is 3.29. The summed E-state index contributed by atoms with van der Waals surface area (Å²) in [4.78, 5) is 15.9. The predicted octanol–water partition coefficient (Wildman–Crippen LogP) is 2.81. The topological polar surface area (TPSA) is 77.2 Å². The molecule has 0 saturated heterocycles. The highest BCUT2D eigenvalue weighted by Gasteiger charge is 2.07. The summed E-state index contributed by atoms with van der Waals surface area (Å²) in [6, 6.07) is 7.79. The Labute approximate surface area is 136 Å². The van der Waals surface area contributed by atoms with E-state index in [9.17, 15) is 4.79 Å². The fourth-order valence-corrected chi connectivity index (χ4v) is 2.03. The Balaban J connectivity index is 1.74. The van der Waals surface area contributed by atoms with E-state index in [-0.39, 0.29) is 5.91 Å². The molecule has 0 aliphatic rings. The van der Waals surface area contributed by atoms with E-state index in [1.165, 1.54) is 0 Å². The van der Waals surface area contributed by atoms with Crippen molar-refractivity contribution >= 4 is 5.91 Å². The van der Waals surface area contributed by atoms with Gasteiger partial charge in [-0.2, -0.15) is 4.98 Å². The van der Waals surface area contributed by atoms with Crippen molar-refractivity contribution in [1.29, 1.82) is 0 Å². The third kappa shape index (κ3) is 6.10. The van der Waals surface area contributed by atoms with Crippen molar-refractivity contribution in [1.82, 2.24) is 15.5 Å². The maximum atomic E-state index is 11.9. The van der Waals surface area contributed by atoms with Gasteiger partial charge in [-0.3, -0.25) is 4.79 Å². The number of rotatable bonds is 9. The molecular formula is C17H23N3O3. The highest BCUT2D eigenvalue weighted by Crippen LogP contribution is 2.13. The number of hydrogen-bond donors (Lipinski definition) is 1. The summed E-state index contributed by atoms with van der Waals surface area (Å²) in [5.41, 5.74) is 1.01. The Kier molecular flexibility index (Phi) is 6.59. The molecule has 6 nitrogen and oxygen atoms in total. The molecule has 6 heteroatoms. The molecule has 0 atom stereocenters. The van der Waals surface area contributed by atoms with E-state index in [4.69, 9.17) is 9.26 Å². The zero-order valence-electron chi connectivity index (χ0n) is 13.7. The van der Waals surface area contributed by atoms with E-state index >= 15 is 0 Å². The highest BCUT2D eigenvalue weighted by molar-refractivity contribution is 5.76. The number of carbonyl (C=O) groups is 1. The van der Waals surface area contributed by atoms with E-state index in [0.29, 0.717) is 31.1 Å². The Hall–Kier alpha value is -2.37. The highest BCUT2D eigenvalue weighted by atomic mass is 16.5. The van der Waals surface area contributed by atoms with Crippen molar-refractivity contribution in [2.75, 3.05) is 6.61 Å². The van der Waals surface area contributed by atoms with Crippen molar-refractivity contribution < 1.29 is 14.1 Å². The molecule has 1 amide bonds. The van der Waals surface area contributed by atoms with E-state index in [0.717, 1.165) is 30.8 Å². The normalized spacial score (nSPS) is 10.5. The van der Waals surface area contributed by atoms with Gasteiger partial charge in [0.05, 0.1) is 6.61 Å². The molecule has 1 aromatic heterocycles. The summed E-state index contributed by atoms with van der Waals surface area (Å²) in [6.45, 7) is 5.08. The SMILES string of the molecule is CCCCOc1cccc(CNC(=O)CCc2nc(C)no2)c1. The van der Waals surface area contributed by atoms with Gasteiger partial charge in [-0.05, 0) is 31.0 Å². The Morgan fingerprint density at radius 1 is 1.39 bits per heavy atom. The largest absolute Gasteiger partial charge is 0.494 e. The van der Waals surface area contributed by atoms with Crippen molar-refractivity contribution in [2.24, 2.45) is 0 Å². The number of unbranched alkanes of at least 4 members (excludes halogenated alkanes) is 1. The lowest BCUT2D eigenvalue weighted by Crippen LogP contribution is -2.23. The molecule has 0 aliphatic heterocycles. The first-order valence-electron chi connectivity index (χ1n) is 7.95. The fraction of sp³-hybridized carbons (Fsp3) is 0.471. The first-order valence-corrected chi connectivity index (χ1v) is 7.95. The van der Waals surface area contributed by atoms with Gasteiger partial charge < -0.3 is 14.6 Å². The van der Waals surface area contributed by atoms with Crippen LogP contribution in [0.2, 0.25) is 0 Å². The number of nitrogens with one attached hydrogen (secondary N) is 1. The standard InChI is InChI=1S/C17H23N3O3/c1-3-4-10-22-15-7-5-6-14(11-15)12-18-16(21)8-9-17-19-13(2)20-23-17/h5-7,11H,3-4,8-10,12H2,1-2H3,(H,18,21). The van der Waals surface area contributed by atoms with Gasteiger partial charge in [0.25, 0.3) is 0 Å². The molecule has 0 fully saturated rings. The van der Waals surface area contributed by atoms with Crippen LogP contribution in [0.25, 0.3) is 0 Å². The van der Waals surface area contributed by atoms with Gasteiger partial charge in [0.15, 0.2) is 5.82 Å². The maximum absolute atomic E-state index is 11.9. The monoisotopic (exact) mass is 317 g/mol. The van der Waals surface area contributed by atoms with Crippen LogP contribution < -0.4 is 10.1 Å². The first-order chi connectivity index (χ1) is 11.2. The Bertz CT molecular complexity index is 625. The van der Waals surface area contributed by atoms with Gasteiger partial charge in [-0.1, -0.05) is 30.6 Å². The summed E-state index contributed by atoms with van der Waals surface area (Å²) >= 11 is 0. The van der Waals surface area contributed by atoms with Crippen molar-refractivity contribution in [3.63, 3.8) is 0 Å². The van der Waals surface area contributed by atoms with E-state index < -0.39 is 0 Å². The van der Waals surface area contributed by atoms with Gasteiger partial charge in [-0.25, -0.2) is 0 Å². The van der Waals surface area contributed by atoms with E-state index in [2.05, 4.69) is 22.4 Å². The van der Waals surface area contributed by atoms with Gasteiger partial charge in [-0.15, -0.1) is 0 Å². The Morgan fingerprint density at radius 3 is 3.00 bits per heavy atom. The molecule has 1 heterocycles. The minimum absolute atomic E-state index is 0.0434. The summed E-state index contributed by atoms with van der Waals surface area (Å²) in [5.74, 6) is 1.87. The average Bonchev–Trinajstić information content (AvgIpc) is 2.97. The molecule has 0 unspecified atom stereocenters. The number of hydrogen-bond acceptors (Lipinski definition) is 5. The third-order valence-electron chi connectivity index (χ3n) is 3.29. The van der Waals surface area contributed by atoms with Crippen LogP contribution in [0.1, 0.15) is 43.5 Å². The van der Waals surface area contributed by atoms with Gasteiger partial charge >= 0.3 is 0 Å². The minimum Gasteiger partial charge on any atom is -0.494 e. The number of nitrogens with zero attached hydrogens (tertiary/aromatic N) is 2. The lowest BCUT2D eigenvalue weighted by atomic mass is 10.2. The van der Waals surface area contributed by atoms with Crippen molar-refractivity contribution in [3.05, 3.63) is 41.5 Å². The van der Waals surface area contributed by atoms with Crippen LogP contribution in [0.4, 0.5) is 0 Å². The number of carbonyl (C=O) groups excluding carboxylic acids is 1. The van der Waals surface area contributed by atoms with E-state index in [1.807, 2.05) is 24.3 Å².